The molecule has 2 heterocycles. The highest BCUT2D eigenvalue weighted by Crippen LogP contribution is 2.38. The molecule has 4 rings (SSSR count). The Morgan fingerprint density at radius 2 is 1.91 bits per heavy atom. The summed E-state index contributed by atoms with van der Waals surface area (Å²) in [6, 6.07) is 11.0. The number of carbonyl (C=O) groups excluding carboxylic acids is 2. The van der Waals surface area contributed by atoms with Crippen molar-refractivity contribution in [1.82, 2.24) is 14.9 Å². The lowest BCUT2D eigenvalue weighted by atomic mass is 10.1. The summed E-state index contributed by atoms with van der Waals surface area (Å²) in [7, 11) is 0. The summed E-state index contributed by atoms with van der Waals surface area (Å²) in [5.41, 5.74) is 1.14. The Hall–Kier alpha value is -3.33. The Morgan fingerprint density at radius 3 is 2.53 bits per heavy atom. The van der Waals surface area contributed by atoms with E-state index < -0.39 is 48.3 Å². The van der Waals surface area contributed by atoms with Crippen molar-refractivity contribution in [2.75, 3.05) is 13.2 Å². The number of carbonyl (C=O) groups is 2. The minimum absolute atomic E-state index is 0.00707. The van der Waals surface area contributed by atoms with Gasteiger partial charge >= 0.3 is 18.3 Å². The molecule has 0 aliphatic carbocycles. The molecule has 1 N–H and O–H groups in total. The van der Waals surface area contributed by atoms with Gasteiger partial charge < -0.3 is 29.0 Å². The van der Waals surface area contributed by atoms with Crippen molar-refractivity contribution in [3.05, 3.63) is 69.4 Å². The van der Waals surface area contributed by atoms with Gasteiger partial charge in [0.2, 0.25) is 5.91 Å². The van der Waals surface area contributed by atoms with Crippen LogP contribution in [0, 0.1) is 0 Å². The zero-order valence-corrected chi connectivity index (χ0v) is 25.6. The summed E-state index contributed by atoms with van der Waals surface area (Å²) in [5.74, 6) is -2.79. The minimum Gasteiger partial charge on any atom is -0.466 e. The lowest BCUT2D eigenvalue weighted by Gasteiger charge is -2.27. The van der Waals surface area contributed by atoms with Crippen molar-refractivity contribution in [3.63, 3.8) is 0 Å². The molecule has 232 valence electrons. The third-order valence-electron chi connectivity index (χ3n) is 6.05. The number of ether oxygens (including phenoxy) is 5. The predicted molar refractivity (Wildman–Crippen MR) is 151 cm³/mol. The molecule has 3 aromatic rings. The van der Waals surface area contributed by atoms with E-state index in [0.717, 1.165) is 17.7 Å². The van der Waals surface area contributed by atoms with E-state index in [1.54, 1.807) is 49.6 Å². The van der Waals surface area contributed by atoms with E-state index in [0.29, 0.717) is 10.7 Å². The molecule has 2 atom stereocenters. The molecule has 0 radical (unpaired) electrons. The number of nitrogens with zero attached hydrogens (tertiary/aromatic N) is 2. The fraction of sp³-hybridized carbons (Fsp3) is 0.393. The van der Waals surface area contributed by atoms with Crippen molar-refractivity contribution < 1.29 is 46.4 Å². The smallest absolute Gasteiger partial charge is 0.466 e. The SMILES string of the molecule is CCOC(=O)CC(=O)NC(c1c(Br)nc(Oc2cccc(OC(F)(F)F)c2)n1Cc1ccc(Cl)cc1)C1COC(C)(C)O1. The Kier molecular flexibility index (Phi) is 10.3. The zero-order chi connectivity index (χ0) is 31.4. The number of hydrogen-bond donors (Lipinski definition) is 1. The second-order valence-electron chi connectivity index (χ2n) is 9.80. The second-order valence-corrected chi connectivity index (χ2v) is 11.0. The first-order valence-electron chi connectivity index (χ1n) is 13.0. The molecule has 1 aliphatic rings. The van der Waals surface area contributed by atoms with E-state index in [1.165, 1.54) is 12.1 Å². The molecule has 1 fully saturated rings. The van der Waals surface area contributed by atoms with E-state index in [1.807, 2.05) is 0 Å². The summed E-state index contributed by atoms with van der Waals surface area (Å²) in [5, 5.41) is 3.34. The van der Waals surface area contributed by atoms with Crippen LogP contribution < -0.4 is 14.8 Å². The van der Waals surface area contributed by atoms with Gasteiger partial charge in [0.25, 0.3) is 0 Å². The van der Waals surface area contributed by atoms with Gasteiger partial charge in [-0.15, -0.1) is 13.2 Å². The standard InChI is InChI=1S/C28H28BrClF3N3O7/c1-4-39-22(38)13-21(37)34-23(20-15-40-27(2,3)43-20)24-25(29)35-26(36(24)14-16-8-10-17(30)11-9-16)41-18-6-5-7-19(12-18)42-28(31,32)33/h5-12,20,23H,4,13-15H2,1-3H3,(H,34,37). The Bertz CT molecular complexity index is 1450. The minimum atomic E-state index is -4.89. The highest BCUT2D eigenvalue weighted by molar-refractivity contribution is 9.10. The first-order chi connectivity index (χ1) is 20.2. The van der Waals surface area contributed by atoms with Crippen LogP contribution in [0.25, 0.3) is 0 Å². The summed E-state index contributed by atoms with van der Waals surface area (Å²) < 4.78 is 67.1. The van der Waals surface area contributed by atoms with Crippen LogP contribution in [0.3, 0.4) is 0 Å². The van der Waals surface area contributed by atoms with Gasteiger partial charge in [-0.25, -0.2) is 0 Å². The van der Waals surface area contributed by atoms with E-state index in [9.17, 15) is 22.8 Å². The fourth-order valence-electron chi connectivity index (χ4n) is 4.34. The number of nitrogens with one attached hydrogen (secondary N) is 1. The van der Waals surface area contributed by atoms with Crippen LogP contribution in [-0.2, 0) is 30.3 Å². The van der Waals surface area contributed by atoms with E-state index in [2.05, 4.69) is 31.0 Å². The van der Waals surface area contributed by atoms with Crippen molar-refractivity contribution in [2.45, 2.75) is 58.0 Å². The van der Waals surface area contributed by atoms with Crippen molar-refractivity contribution in [2.24, 2.45) is 0 Å². The number of alkyl halides is 3. The molecule has 2 aromatic carbocycles. The third kappa shape index (κ3) is 9.08. The zero-order valence-electron chi connectivity index (χ0n) is 23.2. The number of rotatable bonds is 11. The van der Waals surface area contributed by atoms with Gasteiger partial charge in [-0.2, -0.15) is 4.98 Å². The second kappa shape index (κ2) is 13.5. The molecule has 43 heavy (non-hydrogen) atoms. The van der Waals surface area contributed by atoms with Crippen molar-refractivity contribution >= 4 is 39.4 Å². The van der Waals surface area contributed by atoms with Gasteiger partial charge in [0.05, 0.1) is 25.5 Å². The highest BCUT2D eigenvalue weighted by atomic mass is 79.9. The largest absolute Gasteiger partial charge is 0.573 e. The van der Waals surface area contributed by atoms with Gasteiger partial charge in [0.1, 0.15) is 34.7 Å². The maximum Gasteiger partial charge on any atom is 0.573 e. The molecular formula is C28H28BrClF3N3O7. The topological polar surface area (TPSA) is 110 Å². The number of aromatic nitrogens is 2. The van der Waals surface area contributed by atoms with Gasteiger partial charge in [-0.1, -0.05) is 29.8 Å². The Morgan fingerprint density at radius 1 is 1.21 bits per heavy atom. The van der Waals surface area contributed by atoms with E-state index in [4.69, 9.17) is 30.5 Å². The van der Waals surface area contributed by atoms with Crippen molar-refractivity contribution in [1.29, 1.82) is 0 Å². The van der Waals surface area contributed by atoms with Gasteiger partial charge in [0, 0.05) is 11.1 Å². The number of amides is 1. The first-order valence-corrected chi connectivity index (χ1v) is 14.2. The molecule has 1 aromatic heterocycles. The van der Waals surface area contributed by atoms with Crippen LogP contribution in [0.15, 0.2) is 53.1 Å². The van der Waals surface area contributed by atoms with E-state index in [-0.39, 0.29) is 36.1 Å². The summed E-state index contributed by atoms with van der Waals surface area (Å²) in [6.07, 6.45) is -6.16. The molecule has 15 heteroatoms. The van der Waals surface area contributed by atoms with Crippen LogP contribution in [0.2, 0.25) is 5.02 Å². The molecule has 0 spiro atoms. The number of halogens is 5. The molecule has 0 saturated carbocycles. The first kappa shape index (κ1) is 32.6. The quantitative estimate of drug-likeness (QED) is 0.185. The van der Waals surface area contributed by atoms with Crippen LogP contribution in [-0.4, -0.2) is 52.9 Å². The van der Waals surface area contributed by atoms with Gasteiger partial charge in [0.15, 0.2) is 5.79 Å². The summed E-state index contributed by atoms with van der Waals surface area (Å²) >= 11 is 9.53. The predicted octanol–water partition coefficient (Wildman–Crippen LogP) is 6.30. The third-order valence-corrected chi connectivity index (χ3v) is 6.89. The molecule has 0 bridgehead atoms. The molecule has 10 nitrogen and oxygen atoms in total. The average molecular weight is 691 g/mol. The number of benzene rings is 2. The monoisotopic (exact) mass is 689 g/mol. The normalized spacial score (nSPS) is 16.9. The Balaban J connectivity index is 1.76. The lowest BCUT2D eigenvalue weighted by Crippen LogP contribution is -2.40. The number of hydrogen-bond acceptors (Lipinski definition) is 8. The van der Waals surface area contributed by atoms with Gasteiger partial charge in [-0.3, -0.25) is 14.2 Å². The molecule has 1 aliphatic heterocycles. The van der Waals surface area contributed by atoms with Crippen LogP contribution in [0.5, 0.6) is 17.5 Å². The highest BCUT2D eigenvalue weighted by Gasteiger charge is 2.42. The average Bonchev–Trinajstić information content (AvgIpc) is 3.41. The number of imidazole rings is 1. The molecular weight excluding hydrogens is 663 g/mol. The summed E-state index contributed by atoms with van der Waals surface area (Å²) in [4.78, 5) is 29.5. The van der Waals surface area contributed by atoms with Crippen molar-refractivity contribution in [3.8, 4) is 17.5 Å². The molecule has 1 saturated heterocycles. The van der Waals surface area contributed by atoms with E-state index >= 15 is 0 Å². The lowest BCUT2D eigenvalue weighted by molar-refractivity contribution is -0.274. The van der Waals surface area contributed by atoms with Crippen LogP contribution in [0.4, 0.5) is 13.2 Å². The molecule has 2 unspecified atom stereocenters. The van der Waals surface area contributed by atoms with Crippen LogP contribution in [0.1, 0.15) is 44.5 Å². The Labute approximate surface area is 258 Å². The summed E-state index contributed by atoms with van der Waals surface area (Å²) in [6.45, 7) is 5.40. The van der Waals surface area contributed by atoms with Crippen LogP contribution >= 0.6 is 27.5 Å². The molecule has 1 amide bonds. The van der Waals surface area contributed by atoms with Gasteiger partial charge in [-0.05, 0) is 66.5 Å². The number of esters is 1. The fourth-order valence-corrected chi connectivity index (χ4v) is 5.08. The maximum absolute atomic E-state index is 13.0. The maximum atomic E-state index is 13.0.